The molecule has 0 aliphatic carbocycles. The average molecular weight is 875 g/mol. The van der Waals surface area contributed by atoms with Gasteiger partial charge in [0.1, 0.15) is 13.2 Å². The molecule has 6 nitrogen and oxygen atoms in total. The van der Waals surface area contributed by atoms with Gasteiger partial charge in [0, 0.05) is 19.3 Å². The molecule has 0 N–H and O–H groups in total. The van der Waals surface area contributed by atoms with Crippen molar-refractivity contribution in [3.05, 3.63) is 182 Å². The summed E-state index contributed by atoms with van der Waals surface area (Å²) in [6, 6.07) is 0. The van der Waals surface area contributed by atoms with Crippen LogP contribution in [0.15, 0.2) is 182 Å². The molecule has 0 heterocycles. The lowest BCUT2D eigenvalue weighted by Crippen LogP contribution is -2.30. The molecule has 0 amide bonds. The van der Waals surface area contributed by atoms with Crippen LogP contribution in [0.3, 0.4) is 0 Å². The van der Waals surface area contributed by atoms with Crippen molar-refractivity contribution in [1.29, 1.82) is 0 Å². The topological polar surface area (TPSA) is 78.9 Å². The van der Waals surface area contributed by atoms with Gasteiger partial charge in [0.15, 0.2) is 6.10 Å². The highest BCUT2D eigenvalue weighted by Crippen LogP contribution is 2.10. The molecular weight excluding hydrogens is 793 g/mol. The van der Waals surface area contributed by atoms with Crippen LogP contribution in [0.25, 0.3) is 0 Å². The highest BCUT2D eigenvalue weighted by Gasteiger charge is 2.19. The summed E-state index contributed by atoms with van der Waals surface area (Å²) in [5.74, 6) is -1.09. The molecule has 1 atom stereocenters. The molecule has 0 saturated carbocycles. The van der Waals surface area contributed by atoms with Gasteiger partial charge in [-0.05, 0) is 89.9 Å². The molecule has 6 heteroatoms. The quantitative estimate of drug-likeness (QED) is 0.0201. The first-order valence-corrected chi connectivity index (χ1v) is 24.0. The van der Waals surface area contributed by atoms with Crippen LogP contribution in [0.2, 0.25) is 0 Å². The molecular formula is C58H82O6. The molecule has 0 aliphatic rings. The minimum absolute atomic E-state index is 0.142. The smallest absolute Gasteiger partial charge is 0.306 e. The second-order valence-corrected chi connectivity index (χ2v) is 14.8. The average Bonchev–Trinajstić information content (AvgIpc) is 3.29. The summed E-state index contributed by atoms with van der Waals surface area (Å²) in [4.78, 5) is 37.9. The van der Waals surface area contributed by atoms with Crippen LogP contribution < -0.4 is 0 Å². The van der Waals surface area contributed by atoms with E-state index in [1.807, 2.05) is 122 Å². The summed E-state index contributed by atoms with van der Waals surface area (Å²) in [6.45, 7) is 6.07. The van der Waals surface area contributed by atoms with E-state index in [-0.39, 0.29) is 50.4 Å². The van der Waals surface area contributed by atoms with Gasteiger partial charge < -0.3 is 14.2 Å². The van der Waals surface area contributed by atoms with Crippen LogP contribution >= 0.6 is 0 Å². The van der Waals surface area contributed by atoms with E-state index in [9.17, 15) is 14.4 Å². The standard InChI is InChI=1S/C58H82O6/c1-4-7-10-13-16-19-22-25-27-29-31-33-36-39-42-45-48-51-57(60)63-54-55(53-62-56(59)50-47-44-41-38-35-24-21-18-15-12-9-6-3)64-58(61)52-49-46-43-40-37-34-32-30-28-26-23-20-17-14-11-8-5-2/h7-14,16-23,25-38,55H,4-6,15,24,39-54H2,1-3H3/b10-7-,11-8-,12-9-,16-13-,17-14-,21-18-,22-19-,23-20-,27-25-,28-26-,31-29+,32-30+,36-33-,37-34-,38-35-. The number of unbranched alkanes of at least 4 members (excludes halogenated alkanes) is 8. The Balaban J connectivity index is 4.68. The van der Waals surface area contributed by atoms with Gasteiger partial charge >= 0.3 is 17.9 Å². The van der Waals surface area contributed by atoms with Gasteiger partial charge in [-0.2, -0.15) is 0 Å². The van der Waals surface area contributed by atoms with Gasteiger partial charge in [-0.3, -0.25) is 14.4 Å². The lowest BCUT2D eigenvalue weighted by atomic mass is 10.1. The van der Waals surface area contributed by atoms with Crippen LogP contribution in [0, 0.1) is 0 Å². The highest BCUT2D eigenvalue weighted by molar-refractivity contribution is 5.71. The Morgan fingerprint density at radius 1 is 0.328 bits per heavy atom. The molecule has 0 saturated heterocycles. The van der Waals surface area contributed by atoms with E-state index in [1.165, 1.54) is 0 Å². The molecule has 0 aromatic carbocycles. The molecule has 0 aromatic rings. The van der Waals surface area contributed by atoms with E-state index < -0.39 is 6.10 Å². The summed E-state index contributed by atoms with van der Waals surface area (Å²) in [5, 5.41) is 0. The van der Waals surface area contributed by atoms with Gasteiger partial charge in [0.05, 0.1) is 0 Å². The Bertz CT molecular complexity index is 1610. The molecule has 0 fully saturated rings. The van der Waals surface area contributed by atoms with Crippen molar-refractivity contribution in [1.82, 2.24) is 0 Å². The number of ether oxygens (including phenoxy) is 3. The zero-order valence-electron chi connectivity index (χ0n) is 39.7. The first-order valence-electron chi connectivity index (χ1n) is 24.0. The molecule has 350 valence electrons. The van der Waals surface area contributed by atoms with Gasteiger partial charge in [0.25, 0.3) is 0 Å². The first-order chi connectivity index (χ1) is 31.5. The Morgan fingerprint density at radius 3 is 1.06 bits per heavy atom. The van der Waals surface area contributed by atoms with Crippen molar-refractivity contribution in [2.24, 2.45) is 0 Å². The Kier molecular flexibility index (Phi) is 45.9. The van der Waals surface area contributed by atoms with Crippen molar-refractivity contribution in [2.75, 3.05) is 13.2 Å². The summed E-state index contributed by atoms with van der Waals surface area (Å²) in [7, 11) is 0. The van der Waals surface area contributed by atoms with Crippen LogP contribution in [-0.2, 0) is 28.6 Å². The molecule has 1 unspecified atom stereocenters. The Hall–Kier alpha value is -5.49. The van der Waals surface area contributed by atoms with E-state index in [0.29, 0.717) is 19.3 Å². The normalized spacial score (nSPS) is 13.7. The van der Waals surface area contributed by atoms with Crippen molar-refractivity contribution in [3.63, 3.8) is 0 Å². The van der Waals surface area contributed by atoms with Crippen molar-refractivity contribution in [3.8, 4) is 0 Å². The molecule has 0 radical (unpaired) electrons. The third-order valence-electron chi connectivity index (χ3n) is 8.96. The number of rotatable bonds is 39. The van der Waals surface area contributed by atoms with E-state index in [2.05, 4.69) is 81.5 Å². The molecule has 64 heavy (non-hydrogen) atoms. The molecule has 0 rings (SSSR count). The van der Waals surface area contributed by atoms with E-state index in [1.54, 1.807) is 0 Å². The monoisotopic (exact) mass is 875 g/mol. The number of carbonyl (C=O) groups excluding carboxylic acids is 3. The lowest BCUT2D eigenvalue weighted by Gasteiger charge is -2.18. The fraction of sp³-hybridized carbons (Fsp3) is 0.431. The molecule has 0 aromatic heterocycles. The summed E-state index contributed by atoms with van der Waals surface area (Å²) >= 11 is 0. The number of esters is 3. The second kappa shape index (κ2) is 50.2. The number of hydrogen-bond acceptors (Lipinski definition) is 6. The Labute approximate surface area is 389 Å². The third-order valence-corrected chi connectivity index (χ3v) is 8.96. The van der Waals surface area contributed by atoms with Crippen molar-refractivity contribution in [2.45, 2.75) is 149 Å². The SMILES string of the molecule is CC\C=C/C=C\C=C/C=C\C=C\C=C/CCCCCC(=O)OCC(COC(=O)CCCC/C=C\C/C=C\C/C=C\CC)OC(=O)CCCCC\C=C/C=C/C=C\C=C/C=C\C=C/CC. The lowest BCUT2D eigenvalue weighted by molar-refractivity contribution is -0.167. The number of carbonyl (C=O) groups is 3. The molecule has 0 spiro atoms. The van der Waals surface area contributed by atoms with Crippen LogP contribution in [0.1, 0.15) is 143 Å². The summed E-state index contributed by atoms with van der Waals surface area (Å²) < 4.78 is 16.6. The van der Waals surface area contributed by atoms with E-state index in [0.717, 1.165) is 83.5 Å². The zero-order chi connectivity index (χ0) is 46.5. The maximum atomic E-state index is 12.8. The first kappa shape index (κ1) is 58.5. The van der Waals surface area contributed by atoms with Crippen LogP contribution in [0.4, 0.5) is 0 Å². The van der Waals surface area contributed by atoms with Crippen molar-refractivity contribution < 1.29 is 28.6 Å². The highest BCUT2D eigenvalue weighted by atomic mass is 16.6. The Morgan fingerprint density at radius 2 is 0.641 bits per heavy atom. The fourth-order valence-corrected chi connectivity index (χ4v) is 5.46. The number of hydrogen-bond donors (Lipinski definition) is 0. The molecule has 0 bridgehead atoms. The summed E-state index contributed by atoms with van der Waals surface area (Å²) in [6.07, 6.45) is 75.8. The van der Waals surface area contributed by atoms with Crippen molar-refractivity contribution >= 4 is 17.9 Å². The van der Waals surface area contributed by atoms with E-state index in [4.69, 9.17) is 14.2 Å². The van der Waals surface area contributed by atoms with Gasteiger partial charge in [0.2, 0.25) is 0 Å². The predicted molar refractivity (Wildman–Crippen MR) is 274 cm³/mol. The molecule has 0 aliphatic heterocycles. The minimum atomic E-state index is -0.846. The summed E-state index contributed by atoms with van der Waals surface area (Å²) in [5.41, 5.74) is 0. The van der Waals surface area contributed by atoms with E-state index >= 15 is 0 Å². The van der Waals surface area contributed by atoms with Crippen LogP contribution in [0.5, 0.6) is 0 Å². The number of allylic oxidation sites excluding steroid dienone is 30. The van der Waals surface area contributed by atoms with Crippen LogP contribution in [-0.4, -0.2) is 37.2 Å². The third kappa shape index (κ3) is 47.6. The fourth-order valence-electron chi connectivity index (χ4n) is 5.46. The predicted octanol–water partition coefficient (Wildman–Crippen LogP) is 15.8. The minimum Gasteiger partial charge on any atom is -0.462 e. The van der Waals surface area contributed by atoms with Gasteiger partial charge in [-0.15, -0.1) is 0 Å². The zero-order valence-corrected chi connectivity index (χ0v) is 39.7. The largest absolute Gasteiger partial charge is 0.462 e. The maximum Gasteiger partial charge on any atom is 0.306 e. The maximum absolute atomic E-state index is 12.8. The second-order valence-electron chi connectivity index (χ2n) is 14.8. The van der Waals surface area contributed by atoms with Gasteiger partial charge in [-0.1, -0.05) is 216 Å². The van der Waals surface area contributed by atoms with Gasteiger partial charge in [-0.25, -0.2) is 0 Å².